The summed E-state index contributed by atoms with van der Waals surface area (Å²) in [5.41, 5.74) is 3.83. The highest BCUT2D eigenvalue weighted by Gasteiger charge is 2.15. The summed E-state index contributed by atoms with van der Waals surface area (Å²) in [6, 6.07) is 15.8. The second-order valence-corrected chi connectivity index (χ2v) is 5.76. The molecule has 0 aliphatic heterocycles. The Bertz CT molecular complexity index is 802. The summed E-state index contributed by atoms with van der Waals surface area (Å²) in [6.07, 6.45) is 3.08. The van der Waals surface area contributed by atoms with Crippen LogP contribution in [0.4, 0.5) is 0 Å². The van der Waals surface area contributed by atoms with Crippen LogP contribution in [0.15, 0.2) is 60.9 Å². The van der Waals surface area contributed by atoms with Gasteiger partial charge in [-0.05, 0) is 19.9 Å². The van der Waals surface area contributed by atoms with Crippen molar-refractivity contribution in [2.45, 2.75) is 20.0 Å². The van der Waals surface area contributed by atoms with Crippen molar-refractivity contribution in [3.63, 3.8) is 0 Å². The minimum absolute atomic E-state index is 0.218. The Morgan fingerprint density at radius 2 is 1.65 bits per heavy atom. The molecule has 23 heavy (non-hydrogen) atoms. The molecule has 0 aliphatic carbocycles. The highest BCUT2D eigenvalue weighted by molar-refractivity contribution is 6.31. The van der Waals surface area contributed by atoms with Gasteiger partial charge >= 0.3 is 0 Å². The first-order valence-electron chi connectivity index (χ1n) is 7.44. The van der Waals surface area contributed by atoms with Gasteiger partial charge in [0.25, 0.3) is 0 Å². The lowest BCUT2D eigenvalue weighted by molar-refractivity contribution is 0.218. The van der Waals surface area contributed by atoms with Gasteiger partial charge in [-0.2, -0.15) is 0 Å². The van der Waals surface area contributed by atoms with Gasteiger partial charge < -0.3 is 4.74 Å². The van der Waals surface area contributed by atoms with Crippen molar-refractivity contribution >= 4 is 11.6 Å². The number of ether oxygens (including phenoxy) is 1. The Hall–Kier alpha value is -2.39. The normalized spacial score (nSPS) is 12.0. The van der Waals surface area contributed by atoms with Crippen LogP contribution < -0.4 is 4.74 Å². The Morgan fingerprint density at radius 3 is 2.39 bits per heavy atom. The summed E-state index contributed by atoms with van der Waals surface area (Å²) < 4.78 is 6.04. The maximum absolute atomic E-state index is 6.24. The minimum Gasteiger partial charge on any atom is -0.468 e. The van der Waals surface area contributed by atoms with Crippen molar-refractivity contribution in [2.24, 2.45) is 0 Å². The lowest BCUT2D eigenvalue weighted by atomic mass is 10.1. The fourth-order valence-electron chi connectivity index (χ4n) is 2.36. The predicted octanol–water partition coefficient (Wildman–Crippen LogP) is 5.25. The average Bonchev–Trinajstić information content (AvgIpc) is 2.56. The number of hydrogen-bond donors (Lipinski definition) is 0. The highest BCUT2D eigenvalue weighted by atomic mass is 35.5. The second kappa shape index (κ2) is 6.80. The van der Waals surface area contributed by atoms with Gasteiger partial charge in [0.2, 0.25) is 5.88 Å². The first-order valence-corrected chi connectivity index (χ1v) is 7.82. The molecule has 116 valence electrons. The summed E-state index contributed by atoms with van der Waals surface area (Å²) >= 11 is 6.24. The fraction of sp³-hybridized carbons (Fsp3) is 0.158. The topological polar surface area (TPSA) is 35.0 Å². The van der Waals surface area contributed by atoms with Crippen LogP contribution >= 0.6 is 11.6 Å². The van der Waals surface area contributed by atoms with Crippen molar-refractivity contribution in [3.8, 4) is 17.1 Å². The molecule has 0 saturated heterocycles. The SMILES string of the molecule is Cc1ccc(-c2nccnc2OC(C)c2ccccc2Cl)cc1. The van der Waals surface area contributed by atoms with Gasteiger partial charge in [-0.25, -0.2) is 9.97 Å². The maximum Gasteiger partial charge on any atom is 0.241 e. The molecule has 0 spiro atoms. The lowest BCUT2D eigenvalue weighted by Crippen LogP contribution is -2.06. The number of benzene rings is 2. The van der Waals surface area contributed by atoms with Gasteiger partial charge in [-0.1, -0.05) is 59.6 Å². The van der Waals surface area contributed by atoms with Crippen LogP contribution in [0.3, 0.4) is 0 Å². The molecule has 0 amide bonds. The van der Waals surface area contributed by atoms with E-state index in [1.807, 2.05) is 55.5 Å². The molecular formula is C19H17ClN2O. The van der Waals surface area contributed by atoms with Crippen molar-refractivity contribution in [1.82, 2.24) is 9.97 Å². The molecule has 0 bridgehead atoms. The zero-order valence-electron chi connectivity index (χ0n) is 13.0. The fourth-order valence-corrected chi connectivity index (χ4v) is 2.65. The Morgan fingerprint density at radius 1 is 0.957 bits per heavy atom. The van der Waals surface area contributed by atoms with Crippen LogP contribution in [-0.2, 0) is 0 Å². The third kappa shape index (κ3) is 3.51. The molecule has 1 unspecified atom stereocenters. The summed E-state index contributed by atoms with van der Waals surface area (Å²) in [7, 11) is 0. The van der Waals surface area contributed by atoms with Gasteiger partial charge in [-0.15, -0.1) is 0 Å². The first-order chi connectivity index (χ1) is 11.1. The molecule has 3 nitrogen and oxygen atoms in total. The van der Waals surface area contributed by atoms with E-state index in [-0.39, 0.29) is 6.10 Å². The summed E-state index contributed by atoms with van der Waals surface area (Å²) in [4.78, 5) is 8.77. The van der Waals surface area contributed by atoms with Crippen LogP contribution in [0.25, 0.3) is 11.3 Å². The van der Waals surface area contributed by atoms with Crippen molar-refractivity contribution in [2.75, 3.05) is 0 Å². The third-order valence-corrected chi connectivity index (χ3v) is 3.97. The van der Waals surface area contributed by atoms with E-state index in [2.05, 4.69) is 16.9 Å². The Labute approximate surface area is 140 Å². The molecule has 1 atom stereocenters. The molecule has 3 aromatic rings. The lowest BCUT2D eigenvalue weighted by Gasteiger charge is -2.17. The van der Waals surface area contributed by atoms with E-state index in [4.69, 9.17) is 16.3 Å². The highest BCUT2D eigenvalue weighted by Crippen LogP contribution is 2.31. The molecule has 0 aliphatic rings. The largest absolute Gasteiger partial charge is 0.468 e. The zero-order chi connectivity index (χ0) is 16.2. The van der Waals surface area contributed by atoms with E-state index >= 15 is 0 Å². The predicted molar refractivity (Wildman–Crippen MR) is 92.7 cm³/mol. The molecule has 4 heteroatoms. The Kier molecular flexibility index (Phi) is 4.58. The minimum atomic E-state index is -0.218. The number of halogens is 1. The maximum atomic E-state index is 6.24. The van der Waals surface area contributed by atoms with Gasteiger partial charge in [0.1, 0.15) is 11.8 Å². The van der Waals surface area contributed by atoms with Crippen molar-refractivity contribution in [1.29, 1.82) is 0 Å². The van der Waals surface area contributed by atoms with Crippen LogP contribution in [0.2, 0.25) is 5.02 Å². The molecule has 0 radical (unpaired) electrons. The van der Waals surface area contributed by atoms with Crippen LogP contribution in [0.5, 0.6) is 5.88 Å². The average molecular weight is 325 g/mol. The monoisotopic (exact) mass is 324 g/mol. The van der Waals surface area contributed by atoms with Crippen molar-refractivity contribution < 1.29 is 4.74 Å². The van der Waals surface area contributed by atoms with Crippen molar-refractivity contribution in [3.05, 3.63) is 77.1 Å². The number of nitrogens with zero attached hydrogens (tertiary/aromatic N) is 2. The van der Waals surface area contributed by atoms with E-state index in [0.717, 1.165) is 16.8 Å². The molecule has 0 fully saturated rings. The van der Waals surface area contributed by atoms with Gasteiger partial charge in [0.15, 0.2) is 0 Å². The third-order valence-electron chi connectivity index (χ3n) is 3.62. The van der Waals surface area contributed by atoms with Crippen LogP contribution in [0, 0.1) is 6.92 Å². The summed E-state index contributed by atoms with van der Waals surface area (Å²) in [5, 5.41) is 0.681. The van der Waals surface area contributed by atoms with Gasteiger partial charge in [0.05, 0.1) is 0 Å². The Balaban J connectivity index is 1.92. The number of hydrogen-bond acceptors (Lipinski definition) is 3. The first kappa shape index (κ1) is 15.5. The van der Waals surface area contributed by atoms with Gasteiger partial charge in [0, 0.05) is 28.5 Å². The quantitative estimate of drug-likeness (QED) is 0.657. The van der Waals surface area contributed by atoms with E-state index in [1.165, 1.54) is 5.56 Å². The molecule has 3 rings (SSSR count). The van der Waals surface area contributed by atoms with Crippen LogP contribution in [-0.4, -0.2) is 9.97 Å². The van der Waals surface area contributed by atoms with E-state index in [0.29, 0.717) is 10.9 Å². The zero-order valence-corrected chi connectivity index (χ0v) is 13.8. The smallest absolute Gasteiger partial charge is 0.241 e. The summed E-state index contributed by atoms with van der Waals surface area (Å²) in [5.74, 6) is 0.503. The molecule has 0 N–H and O–H groups in total. The number of aromatic nitrogens is 2. The summed E-state index contributed by atoms with van der Waals surface area (Å²) in [6.45, 7) is 4.01. The molecular weight excluding hydrogens is 308 g/mol. The number of aryl methyl sites for hydroxylation is 1. The molecule has 2 aromatic carbocycles. The van der Waals surface area contributed by atoms with Crippen LogP contribution in [0.1, 0.15) is 24.2 Å². The van der Waals surface area contributed by atoms with E-state index in [1.54, 1.807) is 12.4 Å². The standard InChI is InChI=1S/C19H17ClN2O/c1-13-7-9-15(10-8-13)18-19(22-12-11-21-18)23-14(2)16-5-3-4-6-17(16)20/h3-12,14H,1-2H3. The molecule has 0 saturated carbocycles. The molecule has 1 heterocycles. The second-order valence-electron chi connectivity index (χ2n) is 5.36. The van der Waals surface area contributed by atoms with E-state index < -0.39 is 0 Å². The van der Waals surface area contributed by atoms with Gasteiger partial charge in [-0.3, -0.25) is 0 Å². The molecule has 1 aromatic heterocycles. The van der Waals surface area contributed by atoms with E-state index in [9.17, 15) is 0 Å². The number of rotatable bonds is 4.